The SMILES string of the molecule is CC(=O)OC[C@@H]1O[C@H](O[C@H]2[C@H](OC(=O)c3ccccc3)[C@H](OC(=O)c3ccccc3)[C@@H](O[C@H]3[C@@H](OC(=O)c4ccccc4)[C@H](OC(=O)c4ccccc4)[C@H](O)O[C@@H]3COC(=O)c3ccccc3)O[C@@H]2COC(C)=O)[C@@H](OC(C)=O)[C@@H](OC(C)=O)[C@H]1OC(C)=O. The van der Waals surface area contributed by atoms with Gasteiger partial charge in [-0.1, -0.05) is 91.0 Å². The van der Waals surface area contributed by atoms with Gasteiger partial charge in [-0.2, -0.15) is 0 Å². The predicted molar refractivity (Wildman–Crippen MR) is 297 cm³/mol. The van der Waals surface area contributed by atoms with Gasteiger partial charge in [0.15, 0.2) is 61.6 Å². The van der Waals surface area contributed by atoms with Gasteiger partial charge in [0, 0.05) is 34.6 Å². The molecule has 3 heterocycles. The fourth-order valence-electron chi connectivity index (χ4n) is 9.69. The summed E-state index contributed by atoms with van der Waals surface area (Å²) < 4.78 is 90.9. The van der Waals surface area contributed by atoms with Gasteiger partial charge in [-0.15, -0.1) is 0 Å². The van der Waals surface area contributed by atoms with Crippen molar-refractivity contribution in [3.05, 3.63) is 179 Å². The fraction of sp³-hybridized carbons (Fsp3) is 0.365. The molecule has 26 nitrogen and oxygen atoms in total. The number of rotatable bonds is 22. The summed E-state index contributed by atoms with van der Waals surface area (Å²) in [6.45, 7) is 2.58. The van der Waals surface area contributed by atoms with E-state index in [-0.39, 0.29) is 27.8 Å². The van der Waals surface area contributed by atoms with Crippen LogP contribution in [0.4, 0.5) is 0 Å². The van der Waals surface area contributed by atoms with E-state index in [2.05, 4.69) is 0 Å². The second kappa shape index (κ2) is 31.0. The molecular formula is C63H62O26. The summed E-state index contributed by atoms with van der Waals surface area (Å²) >= 11 is 0. The van der Waals surface area contributed by atoms with E-state index in [1.807, 2.05) is 0 Å². The molecule has 1 N–H and O–H groups in total. The van der Waals surface area contributed by atoms with Gasteiger partial charge < -0.3 is 76.2 Å². The lowest BCUT2D eigenvalue weighted by Gasteiger charge is -2.50. The Morgan fingerprint density at radius 2 is 0.573 bits per heavy atom. The van der Waals surface area contributed by atoms with E-state index < -0.39 is 172 Å². The van der Waals surface area contributed by atoms with Crippen molar-refractivity contribution in [1.29, 1.82) is 0 Å². The van der Waals surface area contributed by atoms with Crippen LogP contribution in [0.3, 0.4) is 0 Å². The number of ether oxygens (including phenoxy) is 15. The van der Waals surface area contributed by atoms with Crippen LogP contribution >= 0.6 is 0 Å². The van der Waals surface area contributed by atoms with Gasteiger partial charge in [-0.05, 0) is 60.7 Å². The zero-order chi connectivity index (χ0) is 63.7. The number of carbonyl (C=O) groups excluding carboxylic acids is 10. The first kappa shape index (κ1) is 65.5. The van der Waals surface area contributed by atoms with Gasteiger partial charge in [-0.25, -0.2) is 24.0 Å². The molecule has 5 aromatic rings. The van der Waals surface area contributed by atoms with Crippen LogP contribution in [-0.2, 0) is 95.0 Å². The lowest BCUT2D eigenvalue weighted by atomic mass is 9.95. The molecule has 3 saturated heterocycles. The van der Waals surface area contributed by atoms with Crippen molar-refractivity contribution >= 4 is 59.7 Å². The second-order valence-corrected chi connectivity index (χ2v) is 20.1. The smallest absolute Gasteiger partial charge is 0.338 e. The number of hydrogen-bond donors (Lipinski definition) is 1. The largest absolute Gasteiger partial charge is 0.463 e. The first-order valence-corrected chi connectivity index (χ1v) is 27.7. The first-order valence-electron chi connectivity index (χ1n) is 27.7. The van der Waals surface area contributed by atoms with Crippen LogP contribution in [-0.4, -0.2) is 177 Å². The van der Waals surface area contributed by atoms with E-state index in [9.17, 15) is 53.1 Å². The van der Waals surface area contributed by atoms with Gasteiger partial charge in [0.2, 0.25) is 0 Å². The van der Waals surface area contributed by atoms with Gasteiger partial charge in [0.05, 0.1) is 27.8 Å². The van der Waals surface area contributed by atoms with Crippen LogP contribution in [0.2, 0.25) is 0 Å². The summed E-state index contributed by atoms with van der Waals surface area (Å²) in [4.78, 5) is 136. The third-order valence-corrected chi connectivity index (χ3v) is 13.6. The molecule has 26 heteroatoms. The summed E-state index contributed by atoms with van der Waals surface area (Å²) in [5.74, 6) is -10.2. The van der Waals surface area contributed by atoms with Crippen LogP contribution in [0.25, 0.3) is 0 Å². The van der Waals surface area contributed by atoms with E-state index in [0.29, 0.717) is 0 Å². The Balaban J connectivity index is 1.31. The summed E-state index contributed by atoms with van der Waals surface area (Å²) in [7, 11) is 0. The number of aliphatic hydroxyl groups is 1. The average molecular weight is 1240 g/mol. The molecular weight excluding hydrogens is 1170 g/mol. The highest BCUT2D eigenvalue weighted by Gasteiger charge is 2.60. The van der Waals surface area contributed by atoms with E-state index in [1.165, 1.54) is 109 Å². The molecule has 0 aromatic heterocycles. The average Bonchev–Trinajstić information content (AvgIpc) is 1.78. The highest BCUT2D eigenvalue weighted by Crippen LogP contribution is 2.39. The van der Waals surface area contributed by atoms with Gasteiger partial charge in [-0.3, -0.25) is 24.0 Å². The highest BCUT2D eigenvalue weighted by molar-refractivity contribution is 5.92. The van der Waals surface area contributed by atoms with Crippen molar-refractivity contribution in [2.75, 3.05) is 19.8 Å². The Morgan fingerprint density at radius 3 is 0.944 bits per heavy atom. The monoisotopic (exact) mass is 1230 g/mol. The Morgan fingerprint density at radius 1 is 0.303 bits per heavy atom. The molecule has 89 heavy (non-hydrogen) atoms. The van der Waals surface area contributed by atoms with Crippen LogP contribution < -0.4 is 0 Å². The molecule has 0 spiro atoms. The minimum Gasteiger partial charge on any atom is -0.463 e. The zero-order valence-electron chi connectivity index (χ0n) is 48.4. The second-order valence-electron chi connectivity index (χ2n) is 20.1. The number of hydrogen-bond acceptors (Lipinski definition) is 26. The number of carbonyl (C=O) groups is 10. The molecule has 470 valence electrons. The zero-order valence-corrected chi connectivity index (χ0v) is 48.4. The van der Waals surface area contributed by atoms with Gasteiger partial charge in [0.25, 0.3) is 0 Å². The van der Waals surface area contributed by atoms with Crippen molar-refractivity contribution in [3.63, 3.8) is 0 Å². The maximum Gasteiger partial charge on any atom is 0.338 e. The summed E-state index contributed by atoms with van der Waals surface area (Å²) in [6, 6.07) is 37.1. The molecule has 5 aromatic carbocycles. The predicted octanol–water partition coefficient (Wildman–Crippen LogP) is 4.60. The minimum absolute atomic E-state index is 0.0354. The van der Waals surface area contributed by atoms with E-state index in [4.69, 9.17) is 71.1 Å². The van der Waals surface area contributed by atoms with Crippen molar-refractivity contribution in [2.24, 2.45) is 0 Å². The molecule has 3 fully saturated rings. The quantitative estimate of drug-likeness (QED) is 0.0730. The third kappa shape index (κ3) is 17.6. The number of esters is 10. The van der Waals surface area contributed by atoms with Crippen molar-refractivity contribution < 1.29 is 124 Å². The molecule has 0 unspecified atom stereocenters. The Bertz CT molecular complexity index is 3260. The lowest BCUT2D eigenvalue weighted by molar-refractivity contribution is -0.376. The van der Waals surface area contributed by atoms with Gasteiger partial charge in [0.1, 0.15) is 50.3 Å². The normalized spacial score (nSPS) is 26.3. The Kier molecular flexibility index (Phi) is 22.8. The molecule has 0 radical (unpaired) electrons. The molecule has 15 atom stereocenters. The maximum absolute atomic E-state index is 14.7. The summed E-state index contributed by atoms with van der Waals surface area (Å²) in [5.41, 5.74) is -0.265. The number of benzene rings is 5. The van der Waals surface area contributed by atoms with Crippen LogP contribution in [0, 0.1) is 0 Å². The molecule has 0 aliphatic carbocycles. The van der Waals surface area contributed by atoms with Crippen molar-refractivity contribution in [2.45, 2.75) is 127 Å². The fourth-order valence-corrected chi connectivity index (χ4v) is 9.69. The number of aliphatic hydroxyl groups excluding tert-OH is 1. The van der Waals surface area contributed by atoms with E-state index >= 15 is 0 Å². The van der Waals surface area contributed by atoms with Crippen LogP contribution in [0.15, 0.2) is 152 Å². The maximum atomic E-state index is 14.7. The molecule has 0 bridgehead atoms. The molecule has 0 amide bonds. The Labute approximate surface area is 508 Å². The summed E-state index contributed by atoms with van der Waals surface area (Å²) in [5, 5.41) is 11.9. The van der Waals surface area contributed by atoms with Gasteiger partial charge >= 0.3 is 59.7 Å². The van der Waals surface area contributed by atoms with Crippen LogP contribution in [0.1, 0.15) is 86.4 Å². The highest BCUT2D eigenvalue weighted by atomic mass is 16.8. The Hall–Kier alpha value is -9.44. The van der Waals surface area contributed by atoms with Crippen molar-refractivity contribution in [3.8, 4) is 0 Å². The van der Waals surface area contributed by atoms with E-state index in [1.54, 1.807) is 42.5 Å². The summed E-state index contributed by atoms with van der Waals surface area (Å²) in [6.07, 6.45) is -29.7. The minimum atomic E-state index is -2.23. The lowest BCUT2D eigenvalue weighted by Crippen LogP contribution is -2.69. The standard InChI is InChI=1S/C63H62O26/c1-34(64)75-31-45-47(78-36(3)66)51(79-37(4)67)54(80-38(5)68)62(82-45)89-49-46(32-76-35(2)65)83-63(55(87-60(73)43-29-19-10-20-30-43)52(49)85-58(71)41-25-15-8-16-26-41)88-48-44(33-77-56(69)39-21-11-6-12-22-39)81-61(74)53(86-59(72)42-27-17-9-18-28-42)50(48)84-57(70)40-23-13-7-14-24-40/h6-30,44-55,61-63,74H,31-33H2,1-5H3/t44-,45+,46-,47+,48-,49-,50-,51+,52+,53+,54+,55+,61-,62-,63-/m1/s1. The van der Waals surface area contributed by atoms with Crippen LogP contribution in [0.5, 0.6) is 0 Å². The topological polar surface area (TPSA) is 329 Å². The third-order valence-electron chi connectivity index (χ3n) is 13.6. The molecule has 0 saturated carbocycles. The van der Waals surface area contributed by atoms with Crippen molar-refractivity contribution in [1.82, 2.24) is 0 Å². The molecule has 8 rings (SSSR count). The van der Waals surface area contributed by atoms with E-state index in [0.717, 1.165) is 34.6 Å². The first-order chi connectivity index (χ1) is 42.7. The molecule has 3 aliphatic rings. The molecule has 3 aliphatic heterocycles.